The van der Waals surface area contributed by atoms with Crippen LogP contribution in [0.25, 0.3) is 10.8 Å². The van der Waals surface area contributed by atoms with Gasteiger partial charge in [0.1, 0.15) is 24.8 Å². The summed E-state index contributed by atoms with van der Waals surface area (Å²) in [7, 11) is 0. The third kappa shape index (κ3) is 6.92. The van der Waals surface area contributed by atoms with Crippen LogP contribution in [0, 0.1) is 23.3 Å². The first-order chi connectivity index (χ1) is 20.0. The van der Waals surface area contributed by atoms with Gasteiger partial charge in [-0.25, -0.2) is 8.78 Å². The average Bonchev–Trinajstić information content (AvgIpc) is 3.46. The van der Waals surface area contributed by atoms with Crippen molar-refractivity contribution in [3.8, 4) is 5.75 Å². The van der Waals surface area contributed by atoms with E-state index in [1.807, 2.05) is 0 Å². The van der Waals surface area contributed by atoms with E-state index in [-0.39, 0.29) is 24.0 Å². The minimum Gasteiger partial charge on any atom is -0.479 e. The van der Waals surface area contributed by atoms with Crippen molar-refractivity contribution in [1.82, 2.24) is 9.88 Å². The van der Waals surface area contributed by atoms with Gasteiger partial charge in [0, 0.05) is 22.7 Å². The van der Waals surface area contributed by atoms with Crippen LogP contribution < -0.4 is 15.6 Å². The predicted octanol–water partition coefficient (Wildman–Crippen LogP) is 5.17. The van der Waals surface area contributed by atoms with Gasteiger partial charge < -0.3 is 19.4 Å². The second-order valence-electron chi connectivity index (χ2n) is 9.90. The lowest BCUT2D eigenvalue weighted by Gasteiger charge is -2.23. The van der Waals surface area contributed by atoms with Crippen LogP contribution in [0.1, 0.15) is 51.5 Å². The van der Waals surface area contributed by atoms with Crippen molar-refractivity contribution in [2.45, 2.75) is 63.6 Å². The van der Waals surface area contributed by atoms with E-state index in [0.29, 0.717) is 23.3 Å². The normalized spacial score (nSPS) is 14.9. The van der Waals surface area contributed by atoms with Crippen LogP contribution in [-0.2, 0) is 19.1 Å². The number of rotatable bonds is 11. The molecular weight excluding hydrogens is 584 g/mol. The van der Waals surface area contributed by atoms with E-state index in [9.17, 15) is 36.7 Å². The number of nitrogens with zero attached hydrogens (tertiary/aromatic N) is 1. The maximum atomic E-state index is 14.1. The van der Waals surface area contributed by atoms with Gasteiger partial charge in [-0.2, -0.15) is 8.78 Å². The highest BCUT2D eigenvalue weighted by Crippen LogP contribution is 2.27. The lowest BCUT2D eigenvalue weighted by molar-refractivity contribution is -0.151. The number of aromatic nitrogens is 1. The zero-order valence-corrected chi connectivity index (χ0v) is 23.2. The van der Waals surface area contributed by atoms with Gasteiger partial charge in [-0.3, -0.25) is 19.2 Å². The Labute approximate surface area is 242 Å². The highest BCUT2D eigenvalue weighted by atomic mass is 35.5. The Bertz CT molecular complexity index is 1550. The molecule has 2 aromatic carbocycles. The molecular formula is C29H27ClF4N2O6. The Kier molecular flexibility index (Phi) is 9.87. The number of benzene rings is 2. The van der Waals surface area contributed by atoms with Gasteiger partial charge in [0.25, 0.3) is 5.56 Å². The summed E-state index contributed by atoms with van der Waals surface area (Å²) in [5, 5.41) is 3.56. The number of halogens is 5. The van der Waals surface area contributed by atoms with Crippen molar-refractivity contribution < 1.29 is 41.4 Å². The van der Waals surface area contributed by atoms with Gasteiger partial charge in [-0.05, 0) is 55.7 Å². The summed E-state index contributed by atoms with van der Waals surface area (Å²) in [6.45, 7) is 0.473. The Hall–Kier alpha value is -3.93. The minimum atomic E-state index is -1.86. The molecule has 224 valence electrons. The molecule has 1 aliphatic rings. The van der Waals surface area contributed by atoms with Crippen LogP contribution in [0.15, 0.2) is 41.3 Å². The van der Waals surface area contributed by atoms with Crippen LogP contribution in [0.3, 0.4) is 0 Å². The van der Waals surface area contributed by atoms with Crippen LogP contribution in [0.4, 0.5) is 17.6 Å². The van der Waals surface area contributed by atoms with E-state index in [4.69, 9.17) is 21.1 Å². The standard InChI is InChI=1S/C29H27ClF4N2O6/c1-2-22(36-10-9-15-7-8-16(30)11-18(15)29(36)40)28(39)35-21(13-24(38)42-17-5-3-4-6-17)23(37)14-41-27-25(33)19(31)12-20(32)26(27)34/h7-12,17,21-22H,2-6,13-14H2,1H3,(H,35,39). The number of carbonyl (C=O) groups is 3. The van der Waals surface area contributed by atoms with Crippen molar-refractivity contribution >= 4 is 40.0 Å². The molecule has 0 radical (unpaired) electrons. The second kappa shape index (κ2) is 13.4. The minimum absolute atomic E-state index is 0.0189. The molecule has 0 saturated heterocycles. The van der Waals surface area contributed by atoms with Crippen molar-refractivity contribution in [2.75, 3.05) is 6.61 Å². The summed E-state index contributed by atoms with van der Waals surface area (Å²) in [6, 6.07) is 3.55. The van der Waals surface area contributed by atoms with E-state index in [2.05, 4.69) is 5.32 Å². The lowest BCUT2D eigenvalue weighted by atomic mass is 10.1. The Morgan fingerprint density at radius 3 is 2.36 bits per heavy atom. The van der Waals surface area contributed by atoms with Crippen LogP contribution >= 0.6 is 11.6 Å². The van der Waals surface area contributed by atoms with Crippen LogP contribution in [-0.4, -0.2) is 41.0 Å². The number of nitrogens with one attached hydrogen (secondary N) is 1. The molecule has 42 heavy (non-hydrogen) atoms. The van der Waals surface area contributed by atoms with E-state index < -0.39 is 77.3 Å². The van der Waals surface area contributed by atoms with Crippen LogP contribution in [0.5, 0.6) is 5.75 Å². The van der Waals surface area contributed by atoms with Gasteiger partial charge >= 0.3 is 5.97 Å². The molecule has 1 N–H and O–H groups in total. The van der Waals surface area contributed by atoms with E-state index in [1.54, 1.807) is 25.1 Å². The quantitative estimate of drug-likeness (QED) is 0.183. The smallest absolute Gasteiger partial charge is 0.308 e. The molecule has 1 fully saturated rings. The largest absolute Gasteiger partial charge is 0.479 e. The summed E-state index contributed by atoms with van der Waals surface area (Å²) in [4.78, 5) is 52.3. The molecule has 2 atom stereocenters. The van der Waals surface area contributed by atoms with Gasteiger partial charge in [0.2, 0.25) is 17.5 Å². The number of carbonyl (C=O) groups excluding carboxylic acids is 3. The fourth-order valence-corrected chi connectivity index (χ4v) is 4.99. The number of hydrogen-bond acceptors (Lipinski definition) is 6. The number of Topliss-reactive ketones (excluding diaryl/α,β-unsaturated/α-hetero) is 1. The molecule has 2 unspecified atom stereocenters. The first-order valence-corrected chi connectivity index (χ1v) is 13.7. The third-order valence-corrected chi connectivity index (χ3v) is 7.26. The van der Waals surface area contributed by atoms with Crippen molar-refractivity contribution in [3.63, 3.8) is 0 Å². The fraction of sp³-hybridized carbons (Fsp3) is 0.379. The molecule has 1 amide bonds. The monoisotopic (exact) mass is 610 g/mol. The van der Waals surface area contributed by atoms with Crippen molar-refractivity contribution in [1.29, 1.82) is 0 Å². The molecule has 1 aromatic heterocycles. The van der Waals surface area contributed by atoms with E-state index in [0.717, 1.165) is 17.4 Å². The third-order valence-electron chi connectivity index (χ3n) is 7.03. The number of ketones is 1. The summed E-state index contributed by atoms with van der Waals surface area (Å²) in [5.74, 6) is -11.3. The summed E-state index contributed by atoms with van der Waals surface area (Å²) in [5.41, 5.74) is -0.525. The number of ether oxygens (including phenoxy) is 2. The molecule has 0 bridgehead atoms. The molecule has 8 nitrogen and oxygen atoms in total. The Morgan fingerprint density at radius 1 is 1.05 bits per heavy atom. The Morgan fingerprint density at radius 2 is 1.71 bits per heavy atom. The van der Waals surface area contributed by atoms with Gasteiger partial charge in [0.05, 0.1) is 6.42 Å². The number of fused-ring (bicyclic) bond motifs is 1. The maximum absolute atomic E-state index is 14.1. The maximum Gasteiger partial charge on any atom is 0.308 e. The fourth-order valence-electron chi connectivity index (χ4n) is 4.82. The molecule has 1 heterocycles. The number of amides is 1. The number of esters is 1. The summed E-state index contributed by atoms with van der Waals surface area (Å²) < 4.78 is 66.6. The predicted molar refractivity (Wildman–Crippen MR) is 144 cm³/mol. The molecule has 1 saturated carbocycles. The molecule has 0 aliphatic heterocycles. The Balaban J connectivity index is 1.57. The highest BCUT2D eigenvalue weighted by Gasteiger charge is 2.31. The van der Waals surface area contributed by atoms with E-state index >= 15 is 0 Å². The van der Waals surface area contributed by atoms with Crippen LogP contribution in [0.2, 0.25) is 5.02 Å². The molecule has 13 heteroatoms. The molecule has 3 aromatic rings. The lowest BCUT2D eigenvalue weighted by Crippen LogP contribution is -2.48. The second-order valence-corrected chi connectivity index (χ2v) is 10.3. The molecule has 1 aliphatic carbocycles. The zero-order chi connectivity index (χ0) is 30.6. The van der Waals surface area contributed by atoms with Gasteiger partial charge in [0.15, 0.2) is 23.2 Å². The number of pyridine rings is 1. The topological polar surface area (TPSA) is 104 Å². The SMILES string of the molecule is CCC(C(=O)NC(CC(=O)OC1CCCC1)C(=O)COc1c(F)c(F)cc(F)c1F)n1ccc2ccc(Cl)cc2c1=O. The molecule has 0 spiro atoms. The average molecular weight is 611 g/mol. The zero-order valence-electron chi connectivity index (χ0n) is 22.4. The van der Waals surface area contributed by atoms with Gasteiger partial charge in [-0.15, -0.1) is 0 Å². The van der Waals surface area contributed by atoms with Crippen molar-refractivity contribution in [2.24, 2.45) is 0 Å². The molecule has 4 rings (SSSR count). The highest BCUT2D eigenvalue weighted by molar-refractivity contribution is 6.31. The van der Waals surface area contributed by atoms with Crippen molar-refractivity contribution in [3.05, 3.63) is 75.2 Å². The summed E-state index contributed by atoms with van der Waals surface area (Å²) >= 11 is 6.03. The number of hydrogen-bond donors (Lipinski definition) is 1. The summed E-state index contributed by atoms with van der Waals surface area (Å²) in [6.07, 6.45) is 3.47. The first kappa shape index (κ1) is 31.0. The first-order valence-electron chi connectivity index (χ1n) is 13.3. The van der Waals surface area contributed by atoms with E-state index in [1.165, 1.54) is 12.3 Å². The van der Waals surface area contributed by atoms with Gasteiger partial charge in [-0.1, -0.05) is 24.6 Å².